The van der Waals surface area contributed by atoms with E-state index in [1.165, 1.54) is 35.6 Å². The number of rotatable bonds is 4. The number of carbonyl (C=O) groups excluding carboxylic acids is 1. The van der Waals surface area contributed by atoms with Gasteiger partial charge in [0, 0.05) is 58.6 Å². The summed E-state index contributed by atoms with van der Waals surface area (Å²) >= 11 is 1.57. The summed E-state index contributed by atoms with van der Waals surface area (Å²) in [4.78, 5) is 27.3. The second-order valence-corrected chi connectivity index (χ2v) is 10.8. The van der Waals surface area contributed by atoms with Crippen LogP contribution in [0.2, 0.25) is 0 Å². The molecule has 4 rings (SSSR count). The number of nitrogens with zero attached hydrogens (tertiary/aromatic N) is 3. The van der Waals surface area contributed by atoms with Gasteiger partial charge in [0.2, 0.25) is 5.91 Å². The molecule has 0 bridgehead atoms. The Morgan fingerprint density at radius 2 is 2.37 bits per heavy atom. The van der Waals surface area contributed by atoms with E-state index in [9.17, 15) is 4.79 Å². The number of amides is 1. The maximum Gasteiger partial charge on any atom is 0.223 e. The highest BCUT2D eigenvalue weighted by atomic mass is 32.1. The Kier molecular flexibility index (Phi) is 4.87. The van der Waals surface area contributed by atoms with Crippen LogP contribution < -0.4 is 5.32 Å². The third-order valence-corrected chi connectivity index (χ3v) is 7.62. The lowest BCUT2D eigenvalue weighted by Crippen LogP contribution is -2.46. The van der Waals surface area contributed by atoms with Gasteiger partial charge in [0.05, 0.1) is 0 Å². The first-order chi connectivity index (χ1) is 12.9. The summed E-state index contributed by atoms with van der Waals surface area (Å²) < 4.78 is 0. The predicted octanol–water partition coefficient (Wildman–Crippen LogP) is 2.14. The largest absolute Gasteiger partial charge is 0.346 e. The molecule has 0 unspecified atom stereocenters. The van der Waals surface area contributed by atoms with Crippen LogP contribution >= 0.6 is 11.3 Å². The molecule has 3 aromatic heterocycles. The smallest absolute Gasteiger partial charge is 0.223 e. The fourth-order valence-electron chi connectivity index (χ4n) is 4.19. The Morgan fingerprint density at radius 3 is 3.19 bits per heavy atom. The van der Waals surface area contributed by atoms with Gasteiger partial charge < -0.3 is 10.3 Å². The van der Waals surface area contributed by atoms with E-state index >= 15 is 0 Å². The Hall–Kier alpha value is -2.03. The minimum atomic E-state index is -0.0735. The van der Waals surface area contributed by atoms with E-state index in [1.54, 1.807) is 11.3 Å². The van der Waals surface area contributed by atoms with Gasteiger partial charge in [-0.3, -0.25) is 9.69 Å². The summed E-state index contributed by atoms with van der Waals surface area (Å²) in [7, 11) is 1.10. The molecule has 0 spiro atoms. The van der Waals surface area contributed by atoms with Crippen LogP contribution in [0.3, 0.4) is 0 Å². The van der Waals surface area contributed by atoms with Gasteiger partial charge in [-0.25, -0.2) is 9.97 Å². The van der Waals surface area contributed by atoms with Crippen molar-refractivity contribution in [1.29, 1.82) is 0 Å². The topological polar surface area (TPSA) is 73.9 Å². The quantitative estimate of drug-likeness (QED) is 0.659. The highest BCUT2D eigenvalue weighted by molar-refractivity contribution is 7.15. The molecule has 0 aliphatic carbocycles. The molecule has 1 atom stereocenters. The Morgan fingerprint density at radius 1 is 1.52 bits per heavy atom. The second-order valence-electron chi connectivity index (χ2n) is 7.72. The van der Waals surface area contributed by atoms with Gasteiger partial charge >= 0.3 is 0 Å². The summed E-state index contributed by atoms with van der Waals surface area (Å²) in [6, 6.07) is 4.45. The van der Waals surface area contributed by atoms with Gasteiger partial charge in [-0.2, -0.15) is 0 Å². The Bertz CT molecular complexity index is 984. The van der Waals surface area contributed by atoms with Gasteiger partial charge in [0.15, 0.2) is 5.13 Å². The molecule has 6 nitrogen and oxygen atoms in total. The third kappa shape index (κ3) is 3.83. The van der Waals surface area contributed by atoms with Crippen LogP contribution in [0.5, 0.6) is 0 Å². The van der Waals surface area contributed by atoms with E-state index in [2.05, 4.69) is 39.2 Å². The summed E-state index contributed by atoms with van der Waals surface area (Å²) in [5, 5.41) is 4.88. The van der Waals surface area contributed by atoms with Gasteiger partial charge in [0.25, 0.3) is 0 Å². The van der Waals surface area contributed by atoms with E-state index < -0.39 is 0 Å². The highest BCUT2D eigenvalue weighted by Gasteiger charge is 2.34. The fourth-order valence-corrected chi connectivity index (χ4v) is 6.40. The number of aryl methyl sites for hydroxylation is 1. The number of fused-ring (bicyclic) bond motifs is 1. The van der Waals surface area contributed by atoms with Crippen molar-refractivity contribution in [3.8, 4) is 0 Å². The van der Waals surface area contributed by atoms with Crippen LogP contribution in [0.1, 0.15) is 35.9 Å². The second kappa shape index (κ2) is 7.18. The lowest BCUT2D eigenvalue weighted by Gasteiger charge is -2.41. The number of aromatic amines is 1. The number of piperidine rings is 1. The zero-order valence-corrected chi connectivity index (χ0v) is 18.8. The van der Waals surface area contributed by atoms with Crippen LogP contribution in [-0.2, 0) is 16.4 Å². The predicted molar refractivity (Wildman–Crippen MR) is 113 cm³/mol. The highest BCUT2D eigenvalue weighted by Crippen LogP contribution is 2.35. The Balaban J connectivity index is 1.53. The molecule has 3 aromatic rings. The van der Waals surface area contributed by atoms with Crippen molar-refractivity contribution in [1.82, 2.24) is 19.9 Å². The van der Waals surface area contributed by atoms with Crippen molar-refractivity contribution < 1.29 is 4.79 Å². The average Bonchev–Trinajstić information content (AvgIpc) is 3.22. The number of hydrogen-bond donors (Lipinski definition) is 2. The summed E-state index contributed by atoms with van der Waals surface area (Å²) in [6.07, 6.45) is 6.28. The van der Waals surface area contributed by atoms with Crippen molar-refractivity contribution in [2.24, 2.45) is 0 Å². The molecule has 1 amide bonds. The maximum absolute atomic E-state index is 11.2. The van der Waals surface area contributed by atoms with Gasteiger partial charge in [-0.05, 0) is 49.0 Å². The number of anilines is 1. The van der Waals surface area contributed by atoms with Gasteiger partial charge in [-0.15, -0.1) is 11.3 Å². The molecule has 27 heavy (non-hydrogen) atoms. The van der Waals surface area contributed by atoms with Crippen molar-refractivity contribution in [2.75, 3.05) is 18.4 Å². The minimum absolute atomic E-state index is 0.0735. The SMILES string of the molecule is CC(=O)Nc1ncc(CN2CCC[C@]([SiH3])(c3cc4cc[nH]c4nc3C)C2)s1. The molecule has 4 heterocycles. The number of pyridine rings is 1. The Labute approximate surface area is 165 Å². The molecule has 1 aliphatic rings. The van der Waals surface area contributed by atoms with Crippen LogP contribution in [0.15, 0.2) is 24.5 Å². The third-order valence-electron chi connectivity index (χ3n) is 5.37. The van der Waals surface area contributed by atoms with Gasteiger partial charge in [0.1, 0.15) is 5.65 Å². The molecule has 1 saturated heterocycles. The normalized spacial score (nSPS) is 21.0. The summed E-state index contributed by atoms with van der Waals surface area (Å²) in [5.41, 5.74) is 3.53. The monoisotopic (exact) mass is 399 g/mol. The number of aromatic nitrogens is 3. The first-order valence-corrected chi connectivity index (χ1v) is 11.1. The van der Waals surface area contributed by atoms with E-state index in [4.69, 9.17) is 4.98 Å². The molecule has 2 N–H and O–H groups in total. The molecule has 0 aromatic carbocycles. The number of thiazole rings is 1. The minimum Gasteiger partial charge on any atom is -0.346 e. The average molecular weight is 400 g/mol. The molecule has 142 valence electrons. The number of carbonyl (C=O) groups is 1. The lowest BCUT2D eigenvalue weighted by atomic mass is 9.87. The van der Waals surface area contributed by atoms with Crippen LogP contribution in [0, 0.1) is 6.92 Å². The lowest BCUT2D eigenvalue weighted by molar-refractivity contribution is -0.114. The fraction of sp³-hybridized carbons (Fsp3) is 0.421. The first-order valence-electron chi connectivity index (χ1n) is 9.33. The molecular weight excluding hydrogens is 374 g/mol. The number of likely N-dealkylation sites (tertiary alicyclic amines) is 1. The van der Waals surface area contributed by atoms with E-state index in [0.29, 0.717) is 5.13 Å². The van der Waals surface area contributed by atoms with Crippen molar-refractivity contribution in [3.63, 3.8) is 0 Å². The zero-order chi connectivity index (χ0) is 19.0. The van der Waals surface area contributed by atoms with E-state index in [0.717, 1.165) is 41.2 Å². The molecule has 8 heteroatoms. The molecule has 1 fully saturated rings. The molecule has 0 saturated carbocycles. The molecule has 0 radical (unpaired) electrons. The van der Waals surface area contributed by atoms with Crippen LogP contribution in [-0.4, -0.2) is 49.1 Å². The van der Waals surface area contributed by atoms with Crippen molar-refractivity contribution in [2.45, 2.75) is 38.3 Å². The standard InChI is InChI=1S/C19H25N5OSSi/c1-12-16(8-14-4-6-20-17(14)22-12)19(27)5-3-7-24(11-19)10-15-9-21-18(26-15)23-13(2)25/h4,6,8-9H,3,5,7,10-11H2,1-2,27H3,(H,20,22)(H,21,23,25)/t19-/m1/s1. The zero-order valence-electron chi connectivity index (χ0n) is 16.0. The molecular formula is C19H25N5OSSi. The van der Waals surface area contributed by atoms with Gasteiger partial charge in [-0.1, -0.05) is 0 Å². The van der Waals surface area contributed by atoms with Crippen LogP contribution in [0.25, 0.3) is 11.0 Å². The van der Waals surface area contributed by atoms with Crippen molar-refractivity contribution in [3.05, 3.63) is 40.7 Å². The van der Waals surface area contributed by atoms with Crippen molar-refractivity contribution >= 4 is 43.7 Å². The number of nitrogens with one attached hydrogen (secondary N) is 2. The summed E-state index contributed by atoms with van der Waals surface area (Å²) in [5.74, 6) is -0.0735. The number of hydrogen-bond acceptors (Lipinski definition) is 5. The van der Waals surface area contributed by atoms with E-state index in [-0.39, 0.29) is 10.9 Å². The van der Waals surface area contributed by atoms with E-state index in [1.807, 2.05) is 12.4 Å². The maximum atomic E-state index is 11.2. The first kappa shape index (κ1) is 18.3. The van der Waals surface area contributed by atoms with Crippen LogP contribution in [0.4, 0.5) is 5.13 Å². The summed E-state index contributed by atoms with van der Waals surface area (Å²) in [6.45, 7) is 6.71. The number of H-pyrrole nitrogens is 1. The molecule has 1 aliphatic heterocycles.